The average molecular weight is 373 g/mol. The summed E-state index contributed by atoms with van der Waals surface area (Å²) in [7, 11) is 0. The van der Waals surface area contributed by atoms with Crippen LogP contribution < -0.4 is 4.74 Å². The molecule has 2 aliphatic rings. The summed E-state index contributed by atoms with van der Waals surface area (Å²) in [5.41, 5.74) is 2.19. The maximum Gasteiger partial charge on any atom is 0.260 e. The number of ether oxygens (including phenoxy) is 1. The summed E-state index contributed by atoms with van der Waals surface area (Å²) in [6.45, 7) is 8.72. The zero-order valence-corrected chi connectivity index (χ0v) is 17.2. The Balaban J connectivity index is 1.53. The number of hydrogen-bond donors (Lipinski definition) is 0. The first kappa shape index (κ1) is 20.2. The molecule has 0 aliphatic carbocycles. The van der Waals surface area contributed by atoms with Gasteiger partial charge < -0.3 is 14.5 Å². The van der Waals surface area contributed by atoms with Crippen molar-refractivity contribution in [2.75, 3.05) is 32.8 Å². The van der Waals surface area contributed by atoms with Gasteiger partial charge in [-0.3, -0.25) is 4.79 Å². The molecule has 4 heteroatoms. The summed E-state index contributed by atoms with van der Waals surface area (Å²) in [6, 6.07) is 6.49. The van der Waals surface area contributed by atoms with Crippen LogP contribution in [0.5, 0.6) is 5.75 Å². The quantitative estimate of drug-likeness (QED) is 0.745. The summed E-state index contributed by atoms with van der Waals surface area (Å²) in [6.07, 6.45) is 10.0. The Bertz CT molecular complexity index is 588. The third kappa shape index (κ3) is 5.71. The van der Waals surface area contributed by atoms with Crippen LogP contribution in [0, 0.1) is 13.8 Å². The monoisotopic (exact) mass is 372 g/mol. The molecule has 150 valence electrons. The van der Waals surface area contributed by atoms with Gasteiger partial charge in [-0.15, -0.1) is 0 Å². The first-order chi connectivity index (χ1) is 13.1. The summed E-state index contributed by atoms with van der Waals surface area (Å²) < 4.78 is 5.94. The van der Waals surface area contributed by atoms with Gasteiger partial charge in [0.05, 0.1) is 0 Å². The molecule has 0 saturated carbocycles. The second-order valence-corrected chi connectivity index (χ2v) is 8.29. The Morgan fingerprint density at radius 2 is 1.67 bits per heavy atom. The van der Waals surface area contributed by atoms with Crippen LogP contribution in [0.2, 0.25) is 0 Å². The van der Waals surface area contributed by atoms with Crippen molar-refractivity contribution in [3.05, 3.63) is 29.3 Å². The number of hydrogen-bond acceptors (Lipinski definition) is 3. The number of aryl methyl sites for hydroxylation is 2. The van der Waals surface area contributed by atoms with Gasteiger partial charge in [-0.05, 0) is 76.6 Å². The second-order valence-electron chi connectivity index (χ2n) is 8.29. The van der Waals surface area contributed by atoms with Gasteiger partial charge in [0.1, 0.15) is 5.75 Å². The number of rotatable bonds is 6. The van der Waals surface area contributed by atoms with Crippen molar-refractivity contribution in [3.8, 4) is 5.75 Å². The van der Waals surface area contributed by atoms with E-state index in [1.807, 2.05) is 32.0 Å². The highest BCUT2D eigenvalue weighted by atomic mass is 16.5. The molecule has 0 radical (unpaired) electrons. The van der Waals surface area contributed by atoms with Crippen LogP contribution in [0.3, 0.4) is 0 Å². The molecule has 2 aliphatic heterocycles. The molecule has 1 unspecified atom stereocenters. The van der Waals surface area contributed by atoms with Crippen molar-refractivity contribution >= 4 is 5.91 Å². The van der Waals surface area contributed by atoms with E-state index < -0.39 is 0 Å². The third-order valence-electron chi connectivity index (χ3n) is 6.17. The Morgan fingerprint density at radius 3 is 2.37 bits per heavy atom. The maximum absolute atomic E-state index is 12.9. The molecule has 2 saturated heterocycles. The van der Waals surface area contributed by atoms with Gasteiger partial charge in [0.2, 0.25) is 0 Å². The summed E-state index contributed by atoms with van der Waals surface area (Å²) in [4.78, 5) is 17.6. The maximum atomic E-state index is 12.9. The molecule has 0 bridgehead atoms. The lowest BCUT2D eigenvalue weighted by atomic mass is 9.99. The molecule has 1 atom stereocenters. The minimum absolute atomic E-state index is 0.151. The fourth-order valence-electron chi connectivity index (χ4n) is 4.56. The van der Waals surface area contributed by atoms with E-state index >= 15 is 0 Å². The molecular weight excluding hydrogens is 336 g/mol. The second kappa shape index (κ2) is 10.1. The van der Waals surface area contributed by atoms with Gasteiger partial charge >= 0.3 is 0 Å². The molecule has 0 spiro atoms. The summed E-state index contributed by atoms with van der Waals surface area (Å²) in [5.74, 6) is 1.02. The van der Waals surface area contributed by atoms with Crippen molar-refractivity contribution in [1.29, 1.82) is 0 Å². The number of amides is 1. The van der Waals surface area contributed by atoms with E-state index in [0.29, 0.717) is 6.04 Å². The molecule has 1 amide bonds. The van der Waals surface area contributed by atoms with E-state index in [1.165, 1.54) is 45.2 Å². The predicted octanol–water partition coefficient (Wildman–Crippen LogP) is 4.33. The van der Waals surface area contributed by atoms with Crippen LogP contribution in [0.1, 0.15) is 62.5 Å². The van der Waals surface area contributed by atoms with Gasteiger partial charge in [-0.2, -0.15) is 0 Å². The molecule has 3 rings (SSSR count). The minimum atomic E-state index is 0.151. The largest absolute Gasteiger partial charge is 0.483 e. The molecular formula is C23H36N2O2. The number of likely N-dealkylation sites (tertiary alicyclic amines) is 2. The first-order valence-electron chi connectivity index (χ1n) is 10.9. The van der Waals surface area contributed by atoms with Crippen molar-refractivity contribution in [2.45, 2.75) is 71.3 Å². The Hall–Kier alpha value is -1.55. The van der Waals surface area contributed by atoms with Crippen LogP contribution >= 0.6 is 0 Å². The predicted molar refractivity (Wildman–Crippen MR) is 110 cm³/mol. The molecule has 2 heterocycles. The Morgan fingerprint density at radius 1 is 1.00 bits per heavy atom. The number of benzene rings is 1. The Kier molecular flexibility index (Phi) is 7.57. The fourth-order valence-corrected chi connectivity index (χ4v) is 4.56. The zero-order valence-electron chi connectivity index (χ0n) is 17.2. The van der Waals surface area contributed by atoms with Gasteiger partial charge in [0.15, 0.2) is 6.61 Å². The molecule has 27 heavy (non-hydrogen) atoms. The number of nitrogens with zero attached hydrogens (tertiary/aromatic N) is 2. The van der Waals surface area contributed by atoms with Crippen LogP contribution in [-0.4, -0.2) is 54.5 Å². The normalized spacial score (nSPS) is 21.7. The highest BCUT2D eigenvalue weighted by molar-refractivity contribution is 5.78. The SMILES string of the molecule is Cc1cccc(C)c1OCC(=O)N1CCCCC1CCN1CCCCCC1. The lowest BCUT2D eigenvalue weighted by Crippen LogP contribution is -2.47. The van der Waals surface area contributed by atoms with Gasteiger partial charge in [0.25, 0.3) is 5.91 Å². The topological polar surface area (TPSA) is 32.8 Å². The number of carbonyl (C=O) groups excluding carboxylic acids is 1. The molecule has 0 N–H and O–H groups in total. The van der Waals surface area contributed by atoms with E-state index in [1.54, 1.807) is 0 Å². The molecule has 0 aromatic heterocycles. The smallest absolute Gasteiger partial charge is 0.260 e. The van der Waals surface area contributed by atoms with Crippen molar-refractivity contribution in [3.63, 3.8) is 0 Å². The van der Waals surface area contributed by atoms with Crippen LogP contribution in [-0.2, 0) is 4.79 Å². The highest BCUT2D eigenvalue weighted by Crippen LogP contribution is 2.24. The van der Waals surface area contributed by atoms with Gasteiger partial charge in [-0.25, -0.2) is 0 Å². The van der Waals surface area contributed by atoms with Crippen molar-refractivity contribution < 1.29 is 9.53 Å². The molecule has 4 nitrogen and oxygen atoms in total. The summed E-state index contributed by atoms with van der Waals surface area (Å²) >= 11 is 0. The number of piperidine rings is 1. The molecule has 1 aromatic carbocycles. The summed E-state index contributed by atoms with van der Waals surface area (Å²) in [5, 5.41) is 0. The molecule has 1 aromatic rings. The highest BCUT2D eigenvalue weighted by Gasteiger charge is 2.27. The van der Waals surface area contributed by atoms with Crippen molar-refractivity contribution in [1.82, 2.24) is 9.80 Å². The van der Waals surface area contributed by atoms with E-state index in [4.69, 9.17) is 4.74 Å². The van der Waals surface area contributed by atoms with Crippen molar-refractivity contribution in [2.24, 2.45) is 0 Å². The third-order valence-corrected chi connectivity index (χ3v) is 6.17. The van der Waals surface area contributed by atoms with E-state index in [0.717, 1.165) is 49.2 Å². The lowest BCUT2D eigenvalue weighted by molar-refractivity contribution is -0.137. The van der Waals surface area contributed by atoms with E-state index in [9.17, 15) is 4.79 Å². The van der Waals surface area contributed by atoms with E-state index in [-0.39, 0.29) is 12.5 Å². The van der Waals surface area contributed by atoms with Gasteiger partial charge in [0, 0.05) is 19.1 Å². The van der Waals surface area contributed by atoms with Crippen LogP contribution in [0.25, 0.3) is 0 Å². The fraction of sp³-hybridized carbons (Fsp3) is 0.696. The minimum Gasteiger partial charge on any atom is -0.483 e. The standard InChI is InChI=1S/C23H36N2O2/c1-19-10-9-11-20(2)23(19)27-18-22(26)25-16-8-5-12-21(25)13-17-24-14-6-3-4-7-15-24/h9-11,21H,3-8,12-18H2,1-2H3. The first-order valence-corrected chi connectivity index (χ1v) is 10.9. The zero-order chi connectivity index (χ0) is 19.1. The Labute approximate surface area is 164 Å². The van der Waals surface area contributed by atoms with Crippen LogP contribution in [0.4, 0.5) is 0 Å². The number of carbonyl (C=O) groups is 1. The van der Waals surface area contributed by atoms with Crippen LogP contribution in [0.15, 0.2) is 18.2 Å². The average Bonchev–Trinajstić information content (AvgIpc) is 2.95. The lowest BCUT2D eigenvalue weighted by Gasteiger charge is -2.37. The van der Waals surface area contributed by atoms with E-state index in [2.05, 4.69) is 9.80 Å². The molecule has 2 fully saturated rings. The van der Waals surface area contributed by atoms with Gasteiger partial charge in [-0.1, -0.05) is 31.0 Å². The number of para-hydroxylation sites is 1.